The molecule has 2 rings (SSSR count). The van der Waals surface area contributed by atoms with E-state index in [0.717, 1.165) is 23.5 Å². The molecule has 0 aromatic carbocycles. The number of nitrogens with one attached hydrogen (secondary N) is 2. The van der Waals surface area contributed by atoms with E-state index >= 15 is 0 Å². The smallest absolute Gasteiger partial charge is 0.315 e. The summed E-state index contributed by atoms with van der Waals surface area (Å²) in [4.78, 5) is 18.8. The van der Waals surface area contributed by atoms with Gasteiger partial charge in [0.1, 0.15) is 5.01 Å². The number of nitrogens with zero attached hydrogens (tertiary/aromatic N) is 2. The van der Waals surface area contributed by atoms with Crippen molar-refractivity contribution in [2.75, 3.05) is 20.6 Å². The molecule has 1 heterocycles. The number of hydrogen-bond donors (Lipinski definition) is 2. The maximum absolute atomic E-state index is 12.1. The van der Waals surface area contributed by atoms with Gasteiger partial charge in [0.05, 0.1) is 6.04 Å². The van der Waals surface area contributed by atoms with Crippen molar-refractivity contribution in [2.45, 2.75) is 51.1 Å². The molecule has 0 bridgehead atoms. The van der Waals surface area contributed by atoms with Crippen LogP contribution in [0, 0.1) is 6.92 Å². The van der Waals surface area contributed by atoms with Crippen molar-refractivity contribution in [2.24, 2.45) is 0 Å². The molecule has 1 aliphatic rings. The van der Waals surface area contributed by atoms with Gasteiger partial charge in [0.15, 0.2) is 0 Å². The van der Waals surface area contributed by atoms with Crippen LogP contribution < -0.4 is 10.6 Å². The molecular weight excluding hydrogens is 284 g/mol. The minimum atomic E-state index is -0.108. The lowest BCUT2D eigenvalue weighted by molar-refractivity contribution is 0.154. The number of urea groups is 1. The van der Waals surface area contributed by atoms with Gasteiger partial charge in [-0.25, -0.2) is 9.78 Å². The molecule has 0 aliphatic heterocycles. The highest BCUT2D eigenvalue weighted by molar-refractivity contribution is 7.09. The fourth-order valence-corrected chi connectivity index (χ4v) is 3.74. The van der Waals surface area contributed by atoms with E-state index in [-0.39, 0.29) is 17.6 Å². The fourth-order valence-electron chi connectivity index (χ4n) is 2.94. The number of thiazole rings is 1. The van der Waals surface area contributed by atoms with E-state index in [2.05, 4.69) is 34.6 Å². The van der Waals surface area contributed by atoms with E-state index in [1.165, 1.54) is 12.8 Å². The Labute approximate surface area is 131 Å². The van der Waals surface area contributed by atoms with Crippen molar-refractivity contribution < 1.29 is 4.79 Å². The summed E-state index contributed by atoms with van der Waals surface area (Å²) in [7, 11) is 4.21. The number of hydrogen-bond acceptors (Lipinski definition) is 4. The predicted octanol–water partition coefficient (Wildman–Crippen LogP) is 2.69. The summed E-state index contributed by atoms with van der Waals surface area (Å²) in [6.07, 6.45) is 4.80. The quantitative estimate of drug-likeness (QED) is 0.879. The SMILES string of the molecule is Cc1csc(C(C)NC(=O)NCC2(N(C)C)CCCC2)n1. The van der Waals surface area contributed by atoms with Crippen molar-refractivity contribution in [3.05, 3.63) is 16.1 Å². The van der Waals surface area contributed by atoms with Gasteiger partial charge in [-0.1, -0.05) is 12.8 Å². The molecule has 2 amide bonds. The van der Waals surface area contributed by atoms with Crippen molar-refractivity contribution in [1.29, 1.82) is 0 Å². The molecule has 2 N–H and O–H groups in total. The fraction of sp³-hybridized carbons (Fsp3) is 0.733. The Kier molecular flexibility index (Phi) is 5.22. The first-order chi connectivity index (χ1) is 9.93. The first-order valence-corrected chi connectivity index (χ1v) is 8.45. The molecule has 1 saturated carbocycles. The number of carbonyl (C=O) groups excluding carboxylic acids is 1. The molecule has 1 atom stereocenters. The predicted molar refractivity (Wildman–Crippen MR) is 86.7 cm³/mol. The van der Waals surface area contributed by atoms with E-state index < -0.39 is 0 Å². The normalized spacial score (nSPS) is 18.7. The lowest BCUT2D eigenvalue weighted by atomic mass is 9.96. The van der Waals surface area contributed by atoms with Crippen LogP contribution in [0.4, 0.5) is 4.79 Å². The lowest BCUT2D eigenvalue weighted by Crippen LogP contribution is -2.52. The third-order valence-corrected chi connectivity index (χ3v) is 5.56. The maximum atomic E-state index is 12.1. The Morgan fingerprint density at radius 3 is 2.67 bits per heavy atom. The molecule has 21 heavy (non-hydrogen) atoms. The minimum absolute atomic E-state index is 0.0532. The molecule has 0 saturated heterocycles. The summed E-state index contributed by atoms with van der Waals surface area (Å²) in [5, 5.41) is 8.96. The van der Waals surface area contributed by atoms with Gasteiger partial charge in [-0.2, -0.15) is 0 Å². The molecule has 0 spiro atoms. The highest BCUT2D eigenvalue weighted by Gasteiger charge is 2.36. The zero-order valence-corrected chi connectivity index (χ0v) is 14.2. The summed E-state index contributed by atoms with van der Waals surface area (Å²) in [5.41, 5.74) is 1.12. The average Bonchev–Trinajstić information content (AvgIpc) is 3.06. The molecule has 0 radical (unpaired) electrons. The number of carbonyl (C=O) groups is 1. The van der Waals surface area contributed by atoms with Crippen LogP contribution in [-0.2, 0) is 0 Å². The van der Waals surface area contributed by atoms with Crippen molar-refractivity contribution >= 4 is 17.4 Å². The van der Waals surface area contributed by atoms with Crippen LogP contribution in [0.15, 0.2) is 5.38 Å². The summed E-state index contributed by atoms with van der Waals surface area (Å²) in [5.74, 6) is 0. The van der Waals surface area contributed by atoms with E-state index in [4.69, 9.17) is 0 Å². The van der Waals surface area contributed by atoms with E-state index in [1.807, 2.05) is 19.2 Å². The third-order valence-electron chi connectivity index (χ3n) is 4.42. The third kappa shape index (κ3) is 3.95. The van der Waals surface area contributed by atoms with Crippen LogP contribution in [0.5, 0.6) is 0 Å². The molecule has 5 nitrogen and oxygen atoms in total. The lowest BCUT2D eigenvalue weighted by Gasteiger charge is -2.36. The second-order valence-corrected chi connectivity index (χ2v) is 7.09. The maximum Gasteiger partial charge on any atom is 0.315 e. The van der Waals surface area contributed by atoms with Crippen molar-refractivity contribution in [1.82, 2.24) is 20.5 Å². The summed E-state index contributed by atoms with van der Waals surface area (Å²) in [6, 6.07) is -0.161. The molecule has 1 unspecified atom stereocenters. The summed E-state index contributed by atoms with van der Waals surface area (Å²) < 4.78 is 0. The van der Waals surface area contributed by atoms with Crippen molar-refractivity contribution in [3.63, 3.8) is 0 Å². The minimum Gasteiger partial charge on any atom is -0.336 e. The zero-order chi connectivity index (χ0) is 15.5. The van der Waals surface area contributed by atoms with Crippen LogP contribution >= 0.6 is 11.3 Å². The standard InChI is InChI=1S/C15H26N4OS/c1-11-9-21-13(17-11)12(2)18-14(20)16-10-15(19(3)4)7-5-6-8-15/h9,12H,5-8,10H2,1-4H3,(H2,16,18,20). The monoisotopic (exact) mass is 310 g/mol. The summed E-state index contributed by atoms with van der Waals surface area (Å²) >= 11 is 1.59. The first-order valence-electron chi connectivity index (χ1n) is 7.57. The zero-order valence-electron chi connectivity index (χ0n) is 13.4. The number of likely N-dealkylation sites (N-methyl/N-ethyl adjacent to an activating group) is 1. The van der Waals surface area contributed by atoms with Crippen molar-refractivity contribution in [3.8, 4) is 0 Å². The molecule has 118 valence electrons. The topological polar surface area (TPSA) is 57.3 Å². The van der Waals surface area contributed by atoms with Gasteiger partial charge in [-0.3, -0.25) is 0 Å². The van der Waals surface area contributed by atoms with Crippen LogP contribution in [0.25, 0.3) is 0 Å². The van der Waals surface area contributed by atoms with Crippen LogP contribution in [0.2, 0.25) is 0 Å². The summed E-state index contributed by atoms with van der Waals surface area (Å²) in [6.45, 7) is 4.64. The van der Waals surface area contributed by atoms with E-state index in [1.54, 1.807) is 11.3 Å². The molecule has 1 aliphatic carbocycles. The molecule has 1 aromatic rings. The molecule has 1 fully saturated rings. The van der Waals surface area contributed by atoms with Gasteiger partial charge >= 0.3 is 6.03 Å². The van der Waals surface area contributed by atoms with Gasteiger partial charge in [0.25, 0.3) is 0 Å². The Bertz CT molecular complexity index is 480. The largest absolute Gasteiger partial charge is 0.336 e. The molecule has 6 heteroatoms. The highest BCUT2D eigenvalue weighted by atomic mass is 32.1. The molecule has 1 aromatic heterocycles. The Morgan fingerprint density at radius 2 is 2.14 bits per heavy atom. The Hall–Kier alpha value is -1.14. The van der Waals surface area contributed by atoms with E-state index in [0.29, 0.717) is 6.54 Å². The van der Waals surface area contributed by atoms with Gasteiger partial charge in [0.2, 0.25) is 0 Å². The highest BCUT2D eigenvalue weighted by Crippen LogP contribution is 2.33. The van der Waals surface area contributed by atoms with Crippen LogP contribution in [-0.4, -0.2) is 42.1 Å². The van der Waals surface area contributed by atoms with Gasteiger partial charge in [0, 0.05) is 23.2 Å². The van der Waals surface area contributed by atoms with Crippen LogP contribution in [0.1, 0.15) is 49.4 Å². The number of aryl methyl sites for hydroxylation is 1. The number of rotatable bonds is 5. The number of aromatic nitrogens is 1. The second kappa shape index (κ2) is 6.75. The number of amides is 2. The van der Waals surface area contributed by atoms with Crippen LogP contribution in [0.3, 0.4) is 0 Å². The van der Waals surface area contributed by atoms with Gasteiger partial charge in [-0.05, 0) is 40.8 Å². The first kappa shape index (κ1) is 16.2. The Balaban J connectivity index is 1.84. The second-order valence-electron chi connectivity index (χ2n) is 6.20. The average molecular weight is 310 g/mol. The molecular formula is C15H26N4OS. The van der Waals surface area contributed by atoms with Gasteiger partial charge in [-0.15, -0.1) is 11.3 Å². The Morgan fingerprint density at radius 1 is 1.48 bits per heavy atom. The van der Waals surface area contributed by atoms with Gasteiger partial charge < -0.3 is 15.5 Å². The van der Waals surface area contributed by atoms with E-state index in [9.17, 15) is 4.79 Å².